The Balaban J connectivity index is 0.00000462. The zero-order chi connectivity index (χ0) is 28.9. The number of likely N-dealkylation sites (N-methyl/N-ethyl adjacent to an activating group) is 1. The molecule has 0 radical (unpaired) electrons. The molecule has 1 heterocycles. The Kier molecular flexibility index (Phi) is 11.0. The van der Waals surface area contributed by atoms with E-state index in [-0.39, 0.29) is 23.2 Å². The predicted octanol–water partition coefficient (Wildman–Crippen LogP) is 5.55. The molecule has 1 amide bonds. The smallest absolute Gasteiger partial charge is 0.264 e. The van der Waals surface area contributed by atoms with Gasteiger partial charge in [-0.15, -0.1) is 12.4 Å². The number of rotatable bonds is 12. The van der Waals surface area contributed by atoms with Crippen LogP contribution in [0, 0.1) is 0 Å². The third-order valence-electron chi connectivity index (χ3n) is 6.79. The van der Waals surface area contributed by atoms with E-state index >= 15 is 0 Å². The quantitative estimate of drug-likeness (QED) is 0.206. The van der Waals surface area contributed by atoms with E-state index in [2.05, 4.69) is 18.7 Å². The molecule has 0 spiro atoms. The summed E-state index contributed by atoms with van der Waals surface area (Å²) >= 11 is 1.35. The van der Waals surface area contributed by atoms with Crippen LogP contribution in [-0.4, -0.2) is 71.7 Å². The van der Waals surface area contributed by atoms with Gasteiger partial charge in [0.2, 0.25) is 0 Å². The number of ether oxygens (including phenoxy) is 2. The summed E-state index contributed by atoms with van der Waals surface area (Å²) in [6.45, 7) is 6.91. The lowest BCUT2D eigenvalue weighted by molar-refractivity contribution is 0.0983. The maximum atomic E-state index is 13.9. The number of aromatic nitrogens is 1. The van der Waals surface area contributed by atoms with E-state index in [9.17, 15) is 13.2 Å². The summed E-state index contributed by atoms with van der Waals surface area (Å²) in [6, 6.07) is 18.5. The van der Waals surface area contributed by atoms with E-state index < -0.39 is 10.0 Å². The molecule has 0 fully saturated rings. The average Bonchev–Trinajstić information content (AvgIpc) is 3.44. The maximum absolute atomic E-state index is 13.9. The molecule has 12 heteroatoms. The summed E-state index contributed by atoms with van der Waals surface area (Å²) < 4.78 is 39.5. The van der Waals surface area contributed by atoms with Gasteiger partial charge in [0.25, 0.3) is 15.9 Å². The Morgan fingerprint density at radius 3 is 2.07 bits per heavy atom. The number of hydrogen-bond donors (Lipinski definition) is 0. The average molecular weight is 619 g/mol. The number of halogens is 1. The van der Waals surface area contributed by atoms with Gasteiger partial charge in [0, 0.05) is 25.7 Å². The zero-order valence-electron chi connectivity index (χ0n) is 23.7. The van der Waals surface area contributed by atoms with E-state index in [1.54, 1.807) is 61.6 Å². The van der Waals surface area contributed by atoms with Crippen LogP contribution in [0.2, 0.25) is 0 Å². The minimum Gasteiger partial charge on any atom is -0.495 e. The number of anilines is 2. The number of sulfonamides is 1. The number of fused-ring (bicyclic) bond motifs is 1. The first-order valence-electron chi connectivity index (χ1n) is 12.9. The minimum absolute atomic E-state index is 0. The van der Waals surface area contributed by atoms with Crippen molar-refractivity contribution in [3.63, 3.8) is 0 Å². The zero-order valence-corrected chi connectivity index (χ0v) is 26.2. The highest BCUT2D eigenvalue weighted by Crippen LogP contribution is 2.40. The minimum atomic E-state index is -3.80. The number of hydrogen-bond acceptors (Lipinski definition) is 8. The summed E-state index contributed by atoms with van der Waals surface area (Å²) in [4.78, 5) is 22.6. The Hall–Kier alpha value is -3.38. The topological polar surface area (TPSA) is 92.3 Å². The molecule has 3 aromatic carbocycles. The highest BCUT2D eigenvalue weighted by Gasteiger charge is 2.26. The number of methoxy groups -OCH3 is 2. The third kappa shape index (κ3) is 6.75. The number of amides is 1. The van der Waals surface area contributed by atoms with Crippen molar-refractivity contribution in [2.75, 3.05) is 56.7 Å². The number of benzene rings is 3. The van der Waals surface area contributed by atoms with Crippen LogP contribution in [-0.2, 0) is 10.0 Å². The van der Waals surface area contributed by atoms with E-state index in [1.807, 2.05) is 12.1 Å². The molecule has 0 aliphatic heterocycles. The van der Waals surface area contributed by atoms with Gasteiger partial charge in [-0.3, -0.25) is 14.0 Å². The lowest BCUT2D eigenvalue weighted by atomic mass is 10.2. The van der Waals surface area contributed by atoms with Crippen molar-refractivity contribution in [2.24, 2.45) is 0 Å². The molecule has 41 heavy (non-hydrogen) atoms. The summed E-state index contributed by atoms with van der Waals surface area (Å²) in [5, 5.41) is 0.510. The highest BCUT2D eigenvalue weighted by atomic mass is 35.5. The van der Waals surface area contributed by atoms with Crippen LogP contribution < -0.4 is 18.7 Å². The van der Waals surface area contributed by atoms with Crippen molar-refractivity contribution in [3.05, 3.63) is 72.3 Å². The Bertz CT molecular complexity index is 1520. The normalized spacial score (nSPS) is 11.3. The van der Waals surface area contributed by atoms with E-state index in [0.29, 0.717) is 46.5 Å². The fraction of sp³-hybridized carbons (Fsp3) is 0.310. The van der Waals surface area contributed by atoms with Gasteiger partial charge in [-0.05, 0) is 61.6 Å². The lowest BCUT2D eigenvalue weighted by Crippen LogP contribution is -2.38. The van der Waals surface area contributed by atoms with Gasteiger partial charge < -0.3 is 14.4 Å². The van der Waals surface area contributed by atoms with Crippen molar-refractivity contribution < 1.29 is 22.7 Å². The van der Waals surface area contributed by atoms with E-state index in [1.165, 1.54) is 34.8 Å². The first-order chi connectivity index (χ1) is 19.2. The predicted molar refractivity (Wildman–Crippen MR) is 168 cm³/mol. The van der Waals surface area contributed by atoms with Gasteiger partial charge in [-0.25, -0.2) is 13.4 Å². The molecule has 0 unspecified atom stereocenters. The molecule has 220 valence electrons. The molecule has 1 aromatic heterocycles. The highest BCUT2D eigenvalue weighted by molar-refractivity contribution is 7.92. The van der Waals surface area contributed by atoms with Crippen LogP contribution in [0.1, 0.15) is 24.2 Å². The van der Waals surface area contributed by atoms with Crippen LogP contribution in [0.25, 0.3) is 10.2 Å². The monoisotopic (exact) mass is 618 g/mol. The summed E-state index contributed by atoms with van der Waals surface area (Å²) in [6.07, 6.45) is 0. The van der Waals surface area contributed by atoms with Crippen LogP contribution in [0.4, 0.5) is 10.8 Å². The Labute approximate surface area is 251 Å². The van der Waals surface area contributed by atoms with Crippen LogP contribution in [0.5, 0.6) is 11.5 Å². The van der Waals surface area contributed by atoms with E-state index in [4.69, 9.17) is 14.5 Å². The summed E-state index contributed by atoms with van der Waals surface area (Å²) in [7, 11) is 0.874. The summed E-state index contributed by atoms with van der Waals surface area (Å²) in [5.41, 5.74) is 1.53. The van der Waals surface area contributed by atoms with Crippen LogP contribution in [0.3, 0.4) is 0 Å². The van der Waals surface area contributed by atoms with E-state index in [0.717, 1.165) is 17.8 Å². The van der Waals surface area contributed by atoms with Gasteiger partial charge in [0.15, 0.2) is 5.13 Å². The van der Waals surface area contributed by atoms with Crippen molar-refractivity contribution in [1.29, 1.82) is 0 Å². The molecule has 0 atom stereocenters. The Morgan fingerprint density at radius 1 is 0.878 bits per heavy atom. The second kappa shape index (κ2) is 14.0. The van der Waals surface area contributed by atoms with Crippen LogP contribution in [0.15, 0.2) is 71.6 Å². The molecule has 0 bridgehead atoms. The molecule has 0 aliphatic rings. The molecule has 0 saturated heterocycles. The molecule has 0 N–H and O–H groups in total. The third-order valence-corrected chi connectivity index (χ3v) is 9.68. The van der Waals surface area contributed by atoms with Crippen molar-refractivity contribution in [1.82, 2.24) is 9.88 Å². The largest absolute Gasteiger partial charge is 0.495 e. The van der Waals surface area contributed by atoms with Crippen molar-refractivity contribution in [2.45, 2.75) is 18.7 Å². The molecule has 9 nitrogen and oxygen atoms in total. The molecule has 0 saturated carbocycles. The molecule has 4 aromatic rings. The Morgan fingerprint density at radius 2 is 1.49 bits per heavy atom. The number of nitrogens with zero attached hydrogens (tertiary/aromatic N) is 4. The molecule has 0 aliphatic carbocycles. The number of para-hydroxylation sites is 1. The first-order valence-corrected chi connectivity index (χ1v) is 15.2. The van der Waals surface area contributed by atoms with Crippen LogP contribution >= 0.6 is 23.7 Å². The van der Waals surface area contributed by atoms with Gasteiger partial charge >= 0.3 is 0 Å². The molecular weight excluding hydrogens is 584 g/mol. The first kappa shape index (κ1) is 32.1. The number of thiazole rings is 1. The van der Waals surface area contributed by atoms with Gasteiger partial charge in [-0.2, -0.15) is 0 Å². The standard InChI is InChI=1S/C29H34N4O5S2.ClH/c1-6-32(7-2)19-20-33(29-30-26-24(37-4)17-18-25(38-5)27(26)39-29)28(34)21-13-15-23(16-14-21)40(35,36)31(3)22-11-9-8-10-12-22;/h8-18H,6-7,19-20H2,1-5H3;1H. The van der Waals surface area contributed by atoms with Gasteiger partial charge in [0.05, 0.1) is 24.8 Å². The lowest BCUT2D eigenvalue weighted by Gasteiger charge is -2.25. The second-order valence-corrected chi connectivity index (χ2v) is 11.9. The second-order valence-electron chi connectivity index (χ2n) is 8.96. The number of carbonyl (C=O) groups is 1. The molecule has 4 rings (SSSR count). The summed E-state index contributed by atoms with van der Waals surface area (Å²) in [5.74, 6) is 0.962. The molecular formula is C29H35ClN4O5S2. The fourth-order valence-electron chi connectivity index (χ4n) is 4.32. The fourth-order valence-corrected chi connectivity index (χ4v) is 6.61. The van der Waals surface area contributed by atoms with Crippen molar-refractivity contribution >= 4 is 60.7 Å². The SMILES string of the molecule is CCN(CC)CCN(C(=O)c1ccc(S(=O)(=O)N(C)c2ccccc2)cc1)c1nc2c(OC)ccc(OC)c2s1.Cl. The van der Waals surface area contributed by atoms with Gasteiger partial charge in [-0.1, -0.05) is 43.4 Å². The number of carbonyl (C=O) groups excluding carboxylic acids is 1. The maximum Gasteiger partial charge on any atom is 0.264 e. The van der Waals surface area contributed by atoms with Crippen molar-refractivity contribution in [3.8, 4) is 11.5 Å². The van der Waals surface area contributed by atoms with Gasteiger partial charge in [0.1, 0.15) is 21.7 Å².